The largest absolute Gasteiger partial charge is 0.355 e. The monoisotopic (exact) mass is 430 g/mol. The molecular formula is C18H31IN4. The molecule has 1 aromatic rings. The maximum atomic E-state index is 4.47. The highest BCUT2D eigenvalue weighted by Crippen LogP contribution is 2.27. The zero-order valence-corrected chi connectivity index (χ0v) is 17.4. The minimum absolute atomic E-state index is 0. The number of rotatable bonds is 5. The van der Waals surface area contributed by atoms with Crippen LogP contribution in [-0.4, -0.2) is 49.6 Å². The van der Waals surface area contributed by atoms with Gasteiger partial charge in [-0.25, -0.2) is 0 Å². The van der Waals surface area contributed by atoms with E-state index in [9.17, 15) is 0 Å². The average molecular weight is 430 g/mol. The molecule has 1 heterocycles. The summed E-state index contributed by atoms with van der Waals surface area (Å²) in [5.74, 6) is 0.984. The zero-order valence-electron chi connectivity index (χ0n) is 15.0. The van der Waals surface area contributed by atoms with Gasteiger partial charge in [0, 0.05) is 44.5 Å². The fourth-order valence-electron chi connectivity index (χ4n) is 3.26. The summed E-state index contributed by atoms with van der Waals surface area (Å²) in [6.07, 6.45) is 1.10. The van der Waals surface area contributed by atoms with Crippen molar-refractivity contribution in [1.82, 2.24) is 10.2 Å². The first-order valence-corrected chi connectivity index (χ1v) is 8.36. The molecule has 130 valence electrons. The highest BCUT2D eigenvalue weighted by molar-refractivity contribution is 14.0. The van der Waals surface area contributed by atoms with Crippen molar-refractivity contribution >= 4 is 35.6 Å². The minimum atomic E-state index is 0. The quantitative estimate of drug-likeness (QED) is 0.442. The van der Waals surface area contributed by atoms with E-state index in [0.29, 0.717) is 12.1 Å². The van der Waals surface area contributed by atoms with Crippen molar-refractivity contribution in [3.05, 3.63) is 29.8 Å². The maximum Gasteiger partial charge on any atom is 0.198 e. The molecule has 0 aromatic heterocycles. The summed E-state index contributed by atoms with van der Waals surface area (Å²) in [6, 6.07) is 9.74. The third-order valence-corrected chi connectivity index (χ3v) is 4.33. The number of hydrogen-bond acceptors (Lipinski definition) is 2. The molecule has 0 aliphatic carbocycles. The van der Waals surface area contributed by atoms with Gasteiger partial charge in [0.15, 0.2) is 5.96 Å². The summed E-state index contributed by atoms with van der Waals surface area (Å²) in [4.78, 5) is 9.26. The van der Waals surface area contributed by atoms with Gasteiger partial charge < -0.3 is 10.2 Å². The van der Waals surface area contributed by atoms with Crippen LogP contribution in [0.4, 0.5) is 5.69 Å². The van der Waals surface area contributed by atoms with Crippen molar-refractivity contribution in [2.24, 2.45) is 4.99 Å². The molecule has 1 aliphatic heterocycles. The lowest BCUT2D eigenvalue weighted by molar-refractivity contribution is 0.178. The fourth-order valence-corrected chi connectivity index (χ4v) is 3.26. The molecule has 0 amide bonds. The molecule has 0 saturated heterocycles. The Morgan fingerprint density at radius 1 is 1.22 bits per heavy atom. The predicted octanol–water partition coefficient (Wildman–Crippen LogP) is 3.36. The van der Waals surface area contributed by atoms with E-state index in [0.717, 1.165) is 32.0 Å². The second kappa shape index (κ2) is 9.47. The summed E-state index contributed by atoms with van der Waals surface area (Å²) in [7, 11) is 1.87. The third kappa shape index (κ3) is 5.08. The van der Waals surface area contributed by atoms with E-state index in [1.807, 2.05) is 7.05 Å². The smallest absolute Gasteiger partial charge is 0.198 e. The number of anilines is 1. The molecule has 2 rings (SSSR count). The first-order valence-electron chi connectivity index (χ1n) is 8.36. The van der Waals surface area contributed by atoms with Crippen LogP contribution in [0.1, 0.15) is 33.3 Å². The van der Waals surface area contributed by atoms with Gasteiger partial charge in [-0.15, -0.1) is 24.0 Å². The Hall–Kier alpha value is -0.820. The van der Waals surface area contributed by atoms with E-state index in [4.69, 9.17) is 0 Å². The molecule has 0 saturated carbocycles. The van der Waals surface area contributed by atoms with Gasteiger partial charge in [-0.3, -0.25) is 9.89 Å². The van der Waals surface area contributed by atoms with E-state index < -0.39 is 0 Å². The lowest BCUT2D eigenvalue weighted by atomic mass is 10.2. The summed E-state index contributed by atoms with van der Waals surface area (Å²) in [5.41, 5.74) is 2.71. The van der Waals surface area contributed by atoms with Crippen LogP contribution in [0.25, 0.3) is 0 Å². The number of benzene rings is 1. The Morgan fingerprint density at radius 3 is 2.48 bits per heavy atom. The zero-order chi connectivity index (χ0) is 16.1. The molecule has 0 radical (unpaired) electrons. The van der Waals surface area contributed by atoms with Gasteiger partial charge in [0.2, 0.25) is 0 Å². The summed E-state index contributed by atoms with van der Waals surface area (Å²) >= 11 is 0. The highest BCUT2D eigenvalue weighted by Gasteiger charge is 2.22. The van der Waals surface area contributed by atoms with Gasteiger partial charge in [-0.2, -0.15) is 0 Å². The van der Waals surface area contributed by atoms with Gasteiger partial charge in [-0.1, -0.05) is 18.2 Å². The van der Waals surface area contributed by atoms with Gasteiger partial charge in [0.25, 0.3) is 0 Å². The predicted molar refractivity (Wildman–Crippen MR) is 111 cm³/mol. The number of halogens is 1. The molecule has 0 spiro atoms. The van der Waals surface area contributed by atoms with Gasteiger partial charge in [-0.05, 0) is 45.7 Å². The first kappa shape index (κ1) is 20.2. The van der Waals surface area contributed by atoms with Crippen LogP contribution in [0.5, 0.6) is 0 Å². The Bertz CT molecular complexity index is 505. The standard InChI is InChI=1S/C18H30N4.HI/c1-14(2)21(15(3)4)13-11-20-18(19-5)22-12-10-16-8-6-7-9-17(16)22;/h6-9,14-15H,10-13H2,1-5H3,(H,19,20);1H. The molecule has 0 fully saturated rings. The van der Waals surface area contributed by atoms with Crippen molar-refractivity contribution in [1.29, 1.82) is 0 Å². The normalized spacial score (nSPS) is 14.4. The average Bonchev–Trinajstić information content (AvgIpc) is 2.90. The highest BCUT2D eigenvalue weighted by atomic mass is 127. The molecule has 4 nitrogen and oxygen atoms in total. The van der Waals surface area contributed by atoms with E-state index in [1.165, 1.54) is 11.3 Å². The van der Waals surface area contributed by atoms with Crippen LogP contribution in [-0.2, 0) is 6.42 Å². The van der Waals surface area contributed by atoms with Crippen molar-refractivity contribution in [3.8, 4) is 0 Å². The number of aliphatic imine (C=N–C) groups is 1. The number of guanidine groups is 1. The van der Waals surface area contributed by atoms with Crippen LogP contribution >= 0.6 is 24.0 Å². The number of nitrogens with one attached hydrogen (secondary N) is 1. The maximum absolute atomic E-state index is 4.47. The van der Waals surface area contributed by atoms with Gasteiger partial charge >= 0.3 is 0 Å². The van der Waals surface area contributed by atoms with Crippen molar-refractivity contribution < 1.29 is 0 Å². The lowest BCUT2D eigenvalue weighted by Gasteiger charge is -2.31. The van der Waals surface area contributed by atoms with Crippen LogP contribution in [0.2, 0.25) is 0 Å². The third-order valence-electron chi connectivity index (χ3n) is 4.33. The van der Waals surface area contributed by atoms with Crippen molar-refractivity contribution in [3.63, 3.8) is 0 Å². The number of para-hydroxylation sites is 1. The minimum Gasteiger partial charge on any atom is -0.355 e. The molecule has 0 unspecified atom stereocenters. The Kier molecular flexibility index (Phi) is 8.33. The van der Waals surface area contributed by atoms with E-state index >= 15 is 0 Å². The lowest BCUT2D eigenvalue weighted by Crippen LogP contribution is -2.46. The molecule has 1 aliphatic rings. The Balaban J connectivity index is 0.00000264. The van der Waals surface area contributed by atoms with E-state index in [2.05, 4.69) is 72.1 Å². The van der Waals surface area contributed by atoms with Crippen LogP contribution in [0.15, 0.2) is 29.3 Å². The first-order chi connectivity index (χ1) is 10.5. The number of fused-ring (bicyclic) bond motifs is 1. The molecule has 23 heavy (non-hydrogen) atoms. The topological polar surface area (TPSA) is 30.9 Å². The Labute approximate surface area is 158 Å². The SMILES string of the molecule is CN=C(NCCN(C(C)C)C(C)C)N1CCc2ccccc21.I. The fraction of sp³-hybridized carbons (Fsp3) is 0.611. The second-order valence-electron chi connectivity index (χ2n) is 6.43. The Morgan fingerprint density at radius 2 is 1.87 bits per heavy atom. The van der Waals surface area contributed by atoms with Crippen LogP contribution < -0.4 is 10.2 Å². The van der Waals surface area contributed by atoms with Gasteiger partial charge in [0.1, 0.15) is 0 Å². The van der Waals surface area contributed by atoms with Gasteiger partial charge in [0.05, 0.1) is 0 Å². The molecule has 1 N–H and O–H groups in total. The molecule has 5 heteroatoms. The summed E-state index contributed by atoms with van der Waals surface area (Å²) in [6.45, 7) is 12.0. The molecular weight excluding hydrogens is 399 g/mol. The molecule has 1 aromatic carbocycles. The van der Waals surface area contributed by atoms with Crippen molar-refractivity contribution in [2.45, 2.75) is 46.2 Å². The summed E-state index contributed by atoms with van der Waals surface area (Å²) < 4.78 is 0. The number of hydrogen-bond donors (Lipinski definition) is 1. The van der Waals surface area contributed by atoms with Crippen LogP contribution in [0, 0.1) is 0 Å². The van der Waals surface area contributed by atoms with E-state index in [1.54, 1.807) is 0 Å². The molecule has 0 atom stereocenters. The van der Waals surface area contributed by atoms with Crippen LogP contribution in [0.3, 0.4) is 0 Å². The second-order valence-corrected chi connectivity index (χ2v) is 6.43. The number of nitrogens with zero attached hydrogens (tertiary/aromatic N) is 3. The molecule has 0 bridgehead atoms. The van der Waals surface area contributed by atoms with Crippen molar-refractivity contribution in [2.75, 3.05) is 31.6 Å². The van der Waals surface area contributed by atoms with E-state index in [-0.39, 0.29) is 24.0 Å². The summed E-state index contributed by atoms with van der Waals surface area (Å²) in [5, 5.41) is 3.53.